The van der Waals surface area contributed by atoms with Crippen LogP contribution in [0.1, 0.15) is 32.6 Å². The van der Waals surface area contributed by atoms with E-state index in [1.54, 1.807) is 0 Å². The third-order valence-electron chi connectivity index (χ3n) is 3.50. The Morgan fingerprint density at radius 1 is 1.31 bits per heavy atom. The predicted molar refractivity (Wildman–Crippen MR) is 64.7 cm³/mol. The molecular formula is C11H21ClN2O2. The van der Waals surface area contributed by atoms with E-state index in [2.05, 4.69) is 12.2 Å². The van der Waals surface area contributed by atoms with Crippen molar-refractivity contribution >= 4 is 18.3 Å². The van der Waals surface area contributed by atoms with Crippen LogP contribution in [0.2, 0.25) is 0 Å². The maximum absolute atomic E-state index is 11.7. The van der Waals surface area contributed by atoms with Crippen LogP contribution in [0.25, 0.3) is 0 Å². The van der Waals surface area contributed by atoms with Crippen LogP contribution in [0, 0.1) is 0 Å². The number of amides is 1. The van der Waals surface area contributed by atoms with E-state index in [0.717, 1.165) is 32.2 Å². The molecule has 0 aromatic heterocycles. The number of piperazine rings is 1. The highest BCUT2D eigenvalue weighted by Crippen LogP contribution is 2.24. The number of carbonyl (C=O) groups is 1. The van der Waals surface area contributed by atoms with Gasteiger partial charge in [0.15, 0.2) is 0 Å². The number of aliphatic hydroxyl groups excluding tert-OH is 1. The Balaban J connectivity index is 0.00000128. The molecule has 1 heterocycles. The van der Waals surface area contributed by atoms with Crippen LogP contribution in [0.4, 0.5) is 0 Å². The summed E-state index contributed by atoms with van der Waals surface area (Å²) < 4.78 is 0. The van der Waals surface area contributed by atoms with Crippen molar-refractivity contribution < 1.29 is 9.90 Å². The van der Waals surface area contributed by atoms with Gasteiger partial charge in [-0.15, -0.1) is 12.4 Å². The van der Waals surface area contributed by atoms with Crippen LogP contribution in [-0.2, 0) is 4.79 Å². The Morgan fingerprint density at radius 3 is 2.56 bits per heavy atom. The van der Waals surface area contributed by atoms with Crippen molar-refractivity contribution in [3.8, 4) is 0 Å². The minimum atomic E-state index is -0.142. The van der Waals surface area contributed by atoms with Gasteiger partial charge < -0.3 is 15.3 Å². The highest BCUT2D eigenvalue weighted by Gasteiger charge is 2.31. The zero-order valence-corrected chi connectivity index (χ0v) is 10.5. The summed E-state index contributed by atoms with van der Waals surface area (Å²) in [5.74, 6) is 0.217. The number of nitrogens with one attached hydrogen (secondary N) is 1. The van der Waals surface area contributed by atoms with Crippen molar-refractivity contribution in [3.63, 3.8) is 0 Å². The van der Waals surface area contributed by atoms with Crippen LogP contribution in [0.15, 0.2) is 0 Å². The third kappa shape index (κ3) is 3.09. The van der Waals surface area contributed by atoms with Gasteiger partial charge in [0.25, 0.3) is 0 Å². The van der Waals surface area contributed by atoms with Crippen LogP contribution >= 0.6 is 12.4 Å². The van der Waals surface area contributed by atoms with Crippen molar-refractivity contribution in [1.82, 2.24) is 10.2 Å². The number of rotatable bonds is 1. The summed E-state index contributed by atoms with van der Waals surface area (Å²) in [6, 6.07) is 0.764. The second-order valence-corrected chi connectivity index (χ2v) is 4.79. The second kappa shape index (κ2) is 5.84. The van der Waals surface area contributed by atoms with Gasteiger partial charge in [0, 0.05) is 18.6 Å². The molecule has 1 saturated heterocycles. The fraction of sp³-hybridized carbons (Fsp3) is 0.909. The molecule has 94 valence electrons. The summed E-state index contributed by atoms with van der Waals surface area (Å²) in [6.07, 6.45) is 3.46. The molecule has 0 aromatic rings. The first kappa shape index (κ1) is 13.7. The molecule has 0 spiro atoms. The molecular weight excluding hydrogens is 228 g/mol. The largest absolute Gasteiger partial charge is 0.393 e. The Morgan fingerprint density at radius 2 is 1.94 bits per heavy atom. The zero-order chi connectivity index (χ0) is 10.8. The highest BCUT2D eigenvalue weighted by atomic mass is 35.5. The van der Waals surface area contributed by atoms with Crippen LogP contribution in [0.3, 0.4) is 0 Å². The molecule has 2 rings (SSSR count). The van der Waals surface area contributed by atoms with Crippen molar-refractivity contribution in [2.75, 3.05) is 13.1 Å². The van der Waals surface area contributed by atoms with E-state index in [-0.39, 0.29) is 24.4 Å². The first-order chi connectivity index (χ1) is 7.16. The lowest BCUT2D eigenvalue weighted by atomic mass is 9.91. The van der Waals surface area contributed by atoms with Gasteiger partial charge in [-0.05, 0) is 32.6 Å². The van der Waals surface area contributed by atoms with Gasteiger partial charge >= 0.3 is 0 Å². The minimum absolute atomic E-state index is 0. The summed E-state index contributed by atoms with van der Waals surface area (Å²) in [7, 11) is 0. The summed E-state index contributed by atoms with van der Waals surface area (Å²) in [6.45, 7) is 3.40. The quantitative estimate of drug-likeness (QED) is 0.712. The topological polar surface area (TPSA) is 52.6 Å². The molecule has 0 aromatic carbocycles. The minimum Gasteiger partial charge on any atom is -0.393 e. The smallest absolute Gasteiger partial charge is 0.236 e. The van der Waals surface area contributed by atoms with Crippen LogP contribution < -0.4 is 5.32 Å². The number of nitrogens with zero attached hydrogens (tertiary/aromatic N) is 1. The monoisotopic (exact) mass is 248 g/mol. The van der Waals surface area contributed by atoms with Crippen molar-refractivity contribution in [3.05, 3.63) is 0 Å². The molecule has 1 aliphatic carbocycles. The predicted octanol–water partition coefficient (Wildman–Crippen LogP) is 0.532. The normalized spacial score (nSPS) is 35.8. The first-order valence-electron chi connectivity index (χ1n) is 5.87. The molecule has 0 radical (unpaired) electrons. The molecule has 2 N–H and O–H groups in total. The van der Waals surface area contributed by atoms with Crippen LogP contribution in [-0.4, -0.2) is 47.2 Å². The molecule has 5 heteroatoms. The maximum atomic E-state index is 11.7. The molecule has 1 atom stereocenters. The molecule has 1 aliphatic heterocycles. The Kier molecular flexibility index (Phi) is 5.02. The fourth-order valence-corrected chi connectivity index (χ4v) is 2.55. The van der Waals surface area contributed by atoms with E-state index in [0.29, 0.717) is 18.6 Å². The van der Waals surface area contributed by atoms with Gasteiger partial charge in [-0.1, -0.05) is 0 Å². The molecule has 0 bridgehead atoms. The Bertz CT molecular complexity index is 242. The Hall–Kier alpha value is -0.320. The molecule has 1 saturated carbocycles. The van der Waals surface area contributed by atoms with Gasteiger partial charge in [0.1, 0.15) is 0 Å². The average Bonchev–Trinajstić information content (AvgIpc) is 2.23. The fourth-order valence-electron chi connectivity index (χ4n) is 2.55. The zero-order valence-electron chi connectivity index (χ0n) is 9.69. The summed E-state index contributed by atoms with van der Waals surface area (Å²) >= 11 is 0. The third-order valence-corrected chi connectivity index (χ3v) is 3.50. The lowest BCUT2D eigenvalue weighted by molar-refractivity contribution is -0.136. The second-order valence-electron chi connectivity index (χ2n) is 4.79. The summed E-state index contributed by atoms with van der Waals surface area (Å²) in [4.78, 5) is 13.7. The molecule has 1 amide bonds. The number of halogens is 1. The maximum Gasteiger partial charge on any atom is 0.236 e. The summed E-state index contributed by atoms with van der Waals surface area (Å²) in [5.41, 5.74) is 0. The van der Waals surface area contributed by atoms with E-state index in [1.165, 1.54) is 0 Å². The molecule has 4 nitrogen and oxygen atoms in total. The van der Waals surface area contributed by atoms with Crippen molar-refractivity contribution in [2.24, 2.45) is 0 Å². The lowest BCUT2D eigenvalue weighted by Crippen LogP contribution is -2.57. The highest BCUT2D eigenvalue weighted by molar-refractivity contribution is 5.85. The standard InChI is InChI=1S/C11H20N2O2.ClH/c1-8-7-13(11(15)6-12-8)9-2-4-10(14)5-3-9;/h8-10,12,14H,2-7H2,1H3;1H/t8-,9?,10?;/m0./s1. The number of hydrogen-bond donors (Lipinski definition) is 2. The molecule has 16 heavy (non-hydrogen) atoms. The van der Waals surface area contributed by atoms with E-state index >= 15 is 0 Å². The number of hydrogen-bond acceptors (Lipinski definition) is 3. The lowest BCUT2D eigenvalue weighted by Gasteiger charge is -2.40. The van der Waals surface area contributed by atoms with Crippen LogP contribution in [0.5, 0.6) is 0 Å². The molecule has 0 unspecified atom stereocenters. The van der Waals surface area contributed by atoms with Gasteiger partial charge in [-0.2, -0.15) is 0 Å². The number of aliphatic hydroxyl groups is 1. The average molecular weight is 249 g/mol. The SMILES string of the molecule is C[C@H]1CN(C2CCC(O)CC2)C(=O)CN1.Cl. The first-order valence-corrected chi connectivity index (χ1v) is 5.87. The van der Waals surface area contributed by atoms with Gasteiger partial charge in [-0.3, -0.25) is 4.79 Å². The molecule has 2 fully saturated rings. The number of carbonyl (C=O) groups excluding carboxylic acids is 1. The van der Waals surface area contributed by atoms with Gasteiger partial charge in [0.05, 0.1) is 12.6 Å². The van der Waals surface area contributed by atoms with Gasteiger partial charge in [0.2, 0.25) is 5.91 Å². The van der Waals surface area contributed by atoms with E-state index < -0.39 is 0 Å². The van der Waals surface area contributed by atoms with Gasteiger partial charge in [-0.25, -0.2) is 0 Å². The van der Waals surface area contributed by atoms with E-state index in [4.69, 9.17) is 0 Å². The molecule has 2 aliphatic rings. The van der Waals surface area contributed by atoms with Crippen molar-refractivity contribution in [2.45, 2.75) is 50.8 Å². The van der Waals surface area contributed by atoms with E-state index in [1.807, 2.05) is 4.90 Å². The summed E-state index contributed by atoms with van der Waals surface area (Å²) in [5, 5.41) is 12.6. The van der Waals surface area contributed by atoms with Crippen molar-refractivity contribution in [1.29, 1.82) is 0 Å². The Labute approximate surface area is 103 Å². The van der Waals surface area contributed by atoms with E-state index in [9.17, 15) is 9.90 Å².